The van der Waals surface area contributed by atoms with Crippen molar-refractivity contribution < 1.29 is 92.6 Å². The number of fused-ring (bicyclic) bond motifs is 1. The summed E-state index contributed by atoms with van der Waals surface area (Å²) < 4.78 is 21.0. The van der Waals surface area contributed by atoms with Crippen molar-refractivity contribution in [2.75, 3.05) is 0 Å². The maximum atomic E-state index is 12.5. The number of carbonyl (C=O) groups is 1. The second kappa shape index (κ2) is 9.57. The van der Waals surface area contributed by atoms with Crippen LogP contribution in [-0.2, 0) is 14.9 Å². The van der Waals surface area contributed by atoms with Gasteiger partial charge in [0.2, 0.25) is 0 Å². The maximum absolute atomic E-state index is 12.5. The number of hydrogen-bond acceptors (Lipinski definition) is 7. The van der Waals surface area contributed by atoms with Crippen molar-refractivity contribution in [2.24, 2.45) is 0 Å². The third kappa shape index (κ3) is 4.70. The third-order valence-electron chi connectivity index (χ3n) is 4.52. The van der Waals surface area contributed by atoms with Gasteiger partial charge in [-0.3, -0.25) is 0 Å². The van der Waals surface area contributed by atoms with Crippen molar-refractivity contribution >= 4 is 13.8 Å². The molecule has 30 heavy (non-hydrogen) atoms. The molecule has 3 aromatic carbocycles. The van der Waals surface area contributed by atoms with Gasteiger partial charge in [0.05, 0.1) is 5.56 Å². The molecule has 142 valence electrons. The molecule has 10 heteroatoms. The molecule has 0 amide bonds. The Hall–Kier alpha value is -1.12. The molecular weight excluding hydrogens is 429 g/mol. The average Bonchev–Trinajstić information content (AvgIpc) is 2.96. The molecule has 0 radical (unpaired) electrons. The molecule has 0 bridgehead atoms. The summed E-state index contributed by atoms with van der Waals surface area (Å²) in [6.07, 6.45) is 0. The molecule has 0 spiro atoms. The summed E-state index contributed by atoms with van der Waals surface area (Å²) in [5.74, 6) is -0.593. The number of carbonyl (C=O) groups excluding carboxylic acids is 1. The van der Waals surface area contributed by atoms with Gasteiger partial charge in [-0.2, -0.15) is 0 Å². The topological polar surface area (TPSA) is 119 Å². The second-order valence-electron chi connectivity index (χ2n) is 6.23. The number of phenols is 1. The fourth-order valence-electron chi connectivity index (χ4n) is 3.39. The van der Waals surface area contributed by atoms with E-state index >= 15 is 0 Å². The normalized spacial score (nSPS) is 17.2. The molecule has 1 atom stereocenters. The molecule has 1 heterocycles. The van der Waals surface area contributed by atoms with Gasteiger partial charge in [0.25, 0.3) is 0 Å². The van der Waals surface area contributed by atoms with Crippen LogP contribution in [0.5, 0.6) is 11.5 Å². The van der Waals surface area contributed by atoms with Crippen LogP contribution in [0.25, 0.3) is 0 Å². The Kier molecular flexibility index (Phi) is 8.02. The summed E-state index contributed by atoms with van der Waals surface area (Å²) in [4.78, 5) is 34.2. The van der Waals surface area contributed by atoms with Crippen molar-refractivity contribution in [3.8, 4) is 11.5 Å². The van der Waals surface area contributed by atoms with E-state index in [4.69, 9.17) is 4.74 Å². The molecule has 1 aliphatic heterocycles. The summed E-state index contributed by atoms with van der Waals surface area (Å²) >= 11 is 0. The van der Waals surface area contributed by atoms with Crippen molar-refractivity contribution in [3.63, 3.8) is 0 Å². The minimum Gasteiger partial charge on any atom is -0.780 e. The molecule has 4 rings (SSSR count). The molecule has 0 aliphatic carbocycles. The Morgan fingerprint density at radius 1 is 0.867 bits per heavy atom. The van der Waals surface area contributed by atoms with Crippen LogP contribution < -0.4 is 73.4 Å². The average molecular weight is 442 g/mol. The molecule has 0 fully saturated rings. The number of rotatable bonds is 4. The van der Waals surface area contributed by atoms with Crippen LogP contribution in [0.2, 0.25) is 0 Å². The standard InChI is InChI=1S/C20H15O7P.2Na/c21-15-9-5-13(6-10-15)20(18-4-2-1-3-17(18)19(22)26-20)14-7-11-16(12-8-14)27-28(23,24)25;;/h1-12,21H,(H2,23,24,25);;/q;2*+1/p-2. The quantitative estimate of drug-likeness (QED) is 0.249. The molecule has 1 N–H and O–H groups in total. The first-order chi connectivity index (χ1) is 13.3. The molecule has 1 unspecified atom stereocenters. The van der Waals surface area contributed by atoms with E-state index in [0.29, 0.717) is 22.3 Å². The van der Waals surface area contributed by atoms with Crippen LogP contribution in [0.3, 0.4) is 0 Å². The van der Waals surface area contributed by atoms with Crippen molar-refractivity contribution in [1.29, 1.82) is 0 Å². The predicted octanol–water partition coefficient (Wildman–Crippen LogP) is -3.93. The number of ether oxygens (including phenoxy) is 1. The minimum atomic E-state index is -5.18. The number of phosphoric acid groups is 1. The van der Waals surface area contributed by atoms with Crippen molar-refractivity contribution in [2.45, 2.75) is 5.60 Å². The monoisotopic (exact) mass is 442 g/mol. The van der Waals surface area contributed by atoms with Gasteiger partial charge in [-0.05, 0) is 30.3 Å². The zero-order valence-corrected chi connectivity index (χ0v) is 21.2. The number of hydrogen-bond donors (Lipinski definition) is 1. The number of benzene rings is 3. The molecule has 7 nitrogen and oxygen atoms in total. The van der Waals surface area contributed by atoms with E-state index in [0.717, 1.165) is 0 Å². The Balaban J connectivity index is 0.00000160. The van der Waals surface area contributed by atoms with Gasteiger partial charge in [0.15, 0.2) is 5.60 Å². The number of esters is 1. The second-order valence-corrected chi connectivity index (χ2v) is 7.30. The Bertz CT molecular complexity index is 1100. The first kappa shape index (κ1) is 25.1. The minimum absolute atomic E-state index is 0. The van der Waals surface area contributed by atoms with Crippen molar-refractivity contribution in [1.82, 2.24) is 0 Å². The predicted molar refractivity (Wildman–Crippen MR) is 94.5 cm³/mol. The summed E-state index contributed by atoms with van der Waals surface area (Å²) in [5.41, 5.74) is 0.835. The third-order valence-corrected chi connectivity index (χ3v) is 4.96. The van der Waals surface area contributed by atoms with Crippen LogP contribution >= 0.6 is 7.82 Å². The smallest absolute Gasteiger partial charge is 0.780 e. The van der Waals surface area contributed by atoms with Crippen LogP contribution in [-0.4, -0.2) is 11.1 Å². The van der Waals surface area contributed by atoms with Crippen molar-refractivity contribution in [3.05, 3.63) is 95.1 Å². The van der Waals surface area contributed by atoms with Gasteiger partial charge in [-0.25, -0.2) is 4.79 Å². The number of aromatic hydroxyl groups is 1. The van der Waals surface area contributed by atoms with Gasteiger partial charge in [-0.1, -0.05) is 42.5 Å². The van der Waals surface area contributed by atoms with Crippen LogP contribution in [0.1, 0.15) is 27.0 Å². The van der Waals surface area contributed by atoms with Gasteiger partial charge in [0, 0.05) is 16.7 Å². The van der Waals surface area contributed by atoms with Gasteiger partial charge in [-0.15, -0.1) is 0 Å². The Labute approximate surface area is 216 Å². The number of phenolic OH excluding ortho intramolecular Hbond substituents is 1. The number of cyclic esters (lactones) is 1. The van der Waals surface area contributed by atoms with Gasteiger partial charge in [0.1, 0.15) is 19.3 Å². The zero-order valence-electron chi connectivity index (χ0n) is 16.3. The fraction of sp³-hybridized carbons (Fsp3) is 0.0500. The first-order valence-electron chi connectivity index (χ1n) is 8.24. The number of phosphoric ester groups is 1. The summed E-state index contributed by atoms with van der Waals surface area (Å²) in [6.45, 7) is 0. The van der Waals surface area contributed by atoms with E-state index in [9.17, 15) is 24.3 Å². The van der Waals surface area contributed by atoms with E-state index in [1.54, 1.807) is 36.4 Å². The molecule has 0 saturated heterocycles. The van der Waals surface area contributed by atoms with E-state index in [1.165, 1.54) is 36.4 Å². The first-order valence-corrected chi connectivity index (χ1v) is 9.70. The Morgan fingerprint density at radius 3 is 1.97 bits per heavy atom. The molecule has 1 aliphatic rings. The van der Waals surface area contributed by atoms with E-state index in [-0.39, 0.29) is 70.6 Å². The zero-order chi connectivity index (χ0) is 19.9. The maximum Gasteiger partial charge on any atom is 1.00 e. The SMILES string of the molecule is O=C1OC(c2ccc(O)cc2)(c2ccc(OP(=O)([O-])[O-])cc2)c2ccccc21.[Na+].[Na+]. The Morgan fingerprint density at radius 2 is 1.40 bits per heavy atom. The van der Waals surface area contributed by atoms with Gasteiger partial charge < -0.3 is 28.7 Å². The van der Waals surface area contributed by atoms with E-state index < -0.39 is 19.4 Å². The van der Waals surface area contributed by atoms with Crippen LogP contribution in [0, 0.1) is 0 Å². The van der Waals surface area contributed by atoms with E-state index in [1.807, 2.05) is 0 Å². The summed E-state index contributed by atoms with van der Waals surface area (Å²) in [7, 11) is -5.18. The van der Waals surface area contributed by atoms with Gasteiger partial charge >= 0.3 is 65.1 Å². The van der Waals surface area contributed by atoms with E-state index in [2.05, 4.69) is 4.52 Å². The summed E-state index contributed by atoms with van der Waals surface area (Å²) in [6, 6.07) is 18.8. The molecule has 0 saturated carbocycles. The molecule has 3 aromatic rings. The molecular formula is C20H13Na2O7P. The van der Waals surface area contributed by atoms with Crippen LogP contribution in [0.15, 0.2) is 72.8 Å². The largest absolute Gasteiger partial charge is 1.00 e. The molecule has 0 aromatic heterocycles. The fourth-order valence-corrected chi connectivity index (χ4v) is 3.77. The summed E-state index contributed by atoms with van der Waals surface area (Å²) in [5, 5.41) is 9.64. The van der Waals surface area contributed by atoms with Crippen LogP contribution in [0.4, 0.5) is 0 Å².